The molecule has 2 rings (SSSR count). The van der Waals surface area contributed by atoms with Crippen molar-refractivity contribution in [3.63, 3.8) is 0 Å². The normalized spacial score (nSPS) is 21.1. The van der Waals surface area contributed by atoms with Crippen LogP contribution in [-0.2, 0) is 4.79 Å². The van der Waals surface area contributed by atoms with Crippen molar-refractivity contribution in [1.82, 2.24) is 4.98 Å². The van der Waals surface area contributed by atoms with Gasteiger partial charge in [0.25, 0.3) is 0 Å². The maximum atomic E-state index is 12.3. The van der Waals surface area contributed by atoms with Gasteiger partial charge in [0, 0.05) is 36.3 Å². The van der Waals surface area contributed by atoms with Gasteiger partial charge in [-0.15, -0.1) is 17.3 Å². The molecule has 3 atom stereocenters. The van der Waals surface area contributed by atoms with Gasteiger partial charge in [0.05, 0.1) is 0 Å². The minimum absolute atomic E-state index is 0.0155. The van der Waals surface area contributed by atoms with Gasteiger partial charge in [-0.3, -0.25) is 4.79 Å². The average Bonchev–Trinajstić information content (AvgIpc) is 3.27. The summed E-state index contributed by atoms with van der Waals surface area (Å²) >= 11 is 2.82. The molecule has 1 heterocycles. The maximum Gasteiger partial charge on any atom is 0.355 e. The molecule has 29 heavy (non-hydrogen) atoms. The number of thiazole rings is 1. The largest absolute Gasteiger partial charge is 0.476 e. The Hall–Kier alpha value is -1.62. The molecule has 1 aliphatic carbocycles. The van der Waals surface area contributed by atoms with Crippen LogP contribution in [0.3, 0.4) is 0 Å². The fraction of sp³-hybridized carbons (Fsp3) is 0.591. The van der Waals surface area contributed by atoms with E-state index < -0.39 is 11.6 Å². The predicted molar refractivity (Wildman–Crippen MR) is 117 cm³/mol. The third kappa shape index (κ3) is 7.96. The summed E-state index contributed by atoms with van der Waals surface area (Å²) in [5.74, 6) is 6.16. The lowest BCUT2D eigenvalue weighted by Gasteiger charge is -2.16. The predicted octanol–water partition coefficient (Wildman–Crippen LogP) is 4.81. The molecule has 0 radical (unpaired) electrons. The number of carboxylic acid groups (broad SMARTS) is 1. The van der Waals surface area contributed by atoms with Gasteiger partial charge in [0.15, 0.2) is 10.0 Å². The van der Waals surface area contributed by atoms with Crippen LogP contribution in [0.1, 0.15) is 69.3 Å². The van der Waals surface area contributed by atoms with E-state index in [1.165, 1.54) is 28.5 Å². The Morgan fingerprint density at radius 1 is 1.52 bits per heavy atom. The summed E-state index contributed by atoms with van der Waals surface area (Å²) in [4.78, 5) is 27.2. The standard InChI is InChI=1S/C22H29NO4S2/c1-3-4-5-6-12-22(2,27)13-7-8-16-9-10-19(24)17(16)11-14-28-21-23-18(15-29-21)20(25)26/h7-8,15-17,27H,3-5,9-11,13-14H2,1-2H3,(H,25,26)/b8-7+/t16-,17+,22+/m0/s1. The van der Waals surface area contributed by atoms with Gasteiger partial charge in [-0.2, -0.15) is 0 Å². The summed E-state index contributed by atoms with van der Waals surface area (Å²) in [5, 5.41) is 20.8. The molecule has 0 saturated heterocycles. The Balaban J connectivity index is 1.83. The van der Waals surface area contributed by atoms with E-state index in [9.17, 15) is 14.7 Å². The van der Waals surface area contributed by atoms with Gasteiger partial charge < -0.3 is 10.2 Å². The van der Waals surface area contributed by atoms with Gasteiger partial charge in [0.2, 0.25) is 0 Å². The van der Waals surface area contributed by atoms with E-state index in [2.05, 4.69) is 29.8 Å². The fourth-order valence-corrected chi connectivity index (χ4v) is 5.17. The lowest BCUT2D eigenvalue weighted by atomic mass is 9.91. The van der Waals surface area contributed by atoms with Crippen molar-refractivity contribution >= 4 is 34.9 Å². The van der Waals surface area contributed by atoms with E-state index in [1.54, 1.807) is 6.92 Å². The van der Waals surface area contributed by atoms with Crippen LogP contribution in [-0.4, -0.2) is 38.3 Å². The molecule has 0 aromatic carbocycles. The van der Waals surface area contributed by atoms with Crippen molar-refractivity contribution in [1.29, 1.82) is 0 Å². The third-order valence-corrected chi connectivity index (χ3v) is 6.98. The van der Waals surface area contributed by atoms with Crippen molar-refractivity contribution < 1.29 is 19.8 Å². The molecule has 7 heteroatoms. The Kier molecular flexibility index (Phi) is 9.41. The zero-order valence-electron chi connectivity index (χ0n) is 17.0. The van der Waals surface area contributed by atoms with Gasteiger partial charge in [-0.25, -0.2) is 9.78 Å². The lowest BCUT2D eigenvalue weighted by Crippen LogP contribution is -2.20. The number of thioether (sulfide) groups is 1. The summed E-state index contributed by atoms with van der Waals surface area (Å²) in [7, 11) is 0. The summed E-state index contributed by atoms with van der Waals surface area (Å²) in [6.45, 7) is 3.84. The number of allylic oxidation sites excluding steroid dienone is 1. The number of aliphatic hydroxyl groups is 1. The maximum absolute atomic E-state index is 12.3. The van der Waals surface area contributed by atoms with Crippen LogP contribution in [0.5, 0.6) is 0 Å². The van der Waals surface area contributed by atoms with Gasteiger partial charge in [0.1, 0.15) is 11.4 Å². The van der Waals surface area contributed by atoms with Gasteiger partial charge >= 0.3 is 5.97 Å². The molecular weight excluding hydrogens is 406 g/mol. The molecular formula is C22H29NO4S2. The molecule has 1 aromatic rings. The summed E-state index contributed by atoms with van der Waals surface area (Å²) < 4.78 is 0.720. The number of aromatic nitrogens is 1. The molecule has 1 fully saturated rings. The van der Waals surface area contributed by atoms with Crippen molar-refractivity contribution in [2.24, 2.45) is 11.8 Å². The van der Waals surface area contributed by atoms with Crippen LogP contribution in [0, 0.1) is 23.7 Å². The average molecular weight is 436 g/mol. The van der Waals surface area contributed by atoms with E-state index in [-0.39, 0.29) is 23.3 Å². The Bertz CT molecular complexity index is 788. The molecule has 1 saturated carbocycles. The topological polar surface area (TPSA) is 87.5 Å². The number of Topliss-reactive ketones (excluding diaryl/α,β-unsaturated/α-hetero) is 1. The van der Waals surface area contributed by atoms with Crippen LogP contribution in [0.25, 0.3) is 0 Å². The molecule has 0 aliphatic heterocycles. The molecule has 1 aromatic heterocycles. The summed E-state index contributed by atoms with van der Waals surface area (Å²) in [6.07, 6.45) is 9.60. The highest BCUT2D eigenvalue weighted by Crippen LogP contribution is 2.35. The molecule has 5 nitrogen and oxygen atoms in total. The molecule has 0 spiro atoms. The molecule has 158 valence electrons. The second kappa shape index (κ2) is 11.5. The number of aromatic carboxylic acids is 1. The minimum atomic E-state index is -1.04. The quantitative estimate of drug-likeness (QED) is 0.237. The highest BCUT2D eigenvalue weighted by atomic mass is 32.2. The number of hydrogen-bond acceptors (Lipinski definition) is 6. The van der Waals surface area contributed by atoms with Gasteiger partial charge in [-0.05, 0) is 32.1 Å². The number of rotatable bonds is 10. The van der Waals surface area contributed by atoms with Crippen LogP contribution < -0.4 is 0 Å². The first-order valence-electron chi connectivity index (χ1n) is 10.1. The molecule has 1 aliphatic rings. The van der Waals surface area contributed by atoms with Crippen LogP contribution in [0.15, 0.2) is 21.9 Å². The number of carbonyl (C=O) groups excluding carboxylic acids is 1. The first-order chi connectivity index (χ1) is 13.8. The number of nitrogens with zero attached hydrogens (tertiary/aromatic N) is 1. The zero-order chi connectivity index (χ0) is 21.3. The van der Waals surface area contributed by atoms with Crippen molar-refractivity contribution in [2.75, 3.05) is 5.75 Å². The van der Waals surface area contributed by atoms with E-state index >= 15 is 0 Å². The monoisotopic (exact) mass is 435 g/mol. The number of carbonyl (C=O) groups is 2. The van der Waals surface area contributed by atoms with E-state index in [0.717, 1.165) is 42.2 Å². The molecule has 0 bridgehead atoms. The Morgan fingerprint density at radius 3 is 3.00 bits per heavy atom. The van der Waals surface area contributed by atoms with Gasteiger partial charge in [-0.1, -0.05) is 43.2 Å². The van der Waals surface area contributed by atoms with Crippen LogP contribution in [0.2, 0.25) is 0 Å². The Morgan fingerprint density at radius 2 is 2.31 bits per heavy atom. The van der Waals surface area contributed by atoms with E-state index in [0.29, 0.717) is 12.8 Å². The SMILES string of the molecule is CCCCC#C[C@@](C)(O)C/C=C/[C@H]1CCC(=O)[C@@H]1CCSc1nc(C(=O)O)cs1. The summed E-state index contributed by atoms with van der Waals surface area (Å²) in [6, 6.07) is 0. The van der Waals surface area contributed by atoms with Crippen LogP contribution in [0.4, 0.5) is 0 Å². The first kappa shape index (κ1) is 23.7. The van der Waals surface area contributed by atoms with Crippen LogP contribution >= 0.6 is 23.1 Å². The fourth-order valence-electron chi connectivity index (χ4n) is 3.28. The van der Waals surface area contributed by atoms with Crippen molar-refractivity contribution in [2.45, 2.75) is 68.7 Å². The lowest BCUT2D eigenvalue weighted by molar-refractivity contribution is -0.121. The number of unbranched alkanes of at least 4 members (excludes halogenated alkanes) is 2. The molecule has 0 amide bonds. The second-order valence-corrected chi connectivity index (χ2v) is 9.73. The zero-order valence-corrected chi connectivity index (χ0v) is 18.7. The number of hydrogen-bond donors (Lipinski definition) is 2. The Labute approximate surface area is 181 Å². The minimum Gasteiger partial charge on any atom is -0.476 e. The van der Waals surface area contributed by atoms with E-state index in [1.807, 2.05) is 6.08 Å². The van der Waals surface area contributed by atoms with E-state index in [4.69, 9.17) is 5.11 Å². The summed E-state index contributed by atoms with van der Waals surface area (Å²) in [5.41, 5.74) is -0.967. The number of ketones is 1. The van der Waals surface area contributed by atoms with Crippen molar-refractivity contribution in [3.8, 4) is 11.8 Å². The molecule has 0 unspecified atom stereocenters. The molecule has 2 N–H and O–H groups in total. The third-order valence-electron chi connectivity index (χ3n) is 4.92. The van der Waals surface area contributed by atoms with Crippen molar-refractivity contribution in [3.05, 3.63) is 23.2 Å². The highest BCUT2D eigenvalue weighted by Gasteiger charge is 2.32. The second-order valence-electron chi connectivity index (χ2n) is 7.53. The number of carboxylic acids is 1. The smallest absolute Gasteiger partial charge is 0.355 e. The highest BCUT2D eigenvalue weighted by molar-refractivity contribution is 8.01. The first-order valence-corrected chi connectivity index (χ1v) is 11.9.